The summed E-state index contributed by atoms with van der Waals surface area (Å²) in [5.74, 6) is -1.90. The maximum Gasteiger partial charge on any atom is 0.427 e. The molecular formula is C46H50ClF4N11O15S3. The highest BCUT2D eigenvalue weighted by atomic mass is 35.5. The number of nitrogens with one attached hydrogen (secondary N) is 4. The number of rotatable bonds is 16. The Labute approximate surface area is 460 Å². The summed E-state index contributed by atoms with van der Waals surface area (Å²) >= 11 is 6.04. The molecule has 3 aromatic heterocycles. The highest BCUT2D eigenvalue weighted by Gasteiger charge is 2.40. The van der Waals surface area contributed by atoms with Crippen molar-refractivity contribution in [2.45, 2.75) is 93.3 Å². The number of nitrogens with zero attached hydrogens (tertiary/aromatic N) is 7. The quantitative estimate of drug-likeness (QED) is 0.0572. The molecule has 4 heterocycles. The van der Waals surface area contributed by atoms with Gasteiger partial charge in [-0.25, -0.2) is 54.9 Å². The lowest BCUT2D eigenvalue weighted by atomic mass is 10.1. The number of hydrogen-bond acceptors (Lipinski definition) is 21. The van der Waals surface area contributed by atoms with Gasteiger partial charge < -0.3 is 23.7 Å². The van der Waals surface area contributed by atoms with Gasteiger partial charge >= 0.3 is 36.2 Å². The maximum atomic E-state index is 14.3. The van der Waals surface area contributed by atoms with Gasteiger partial charge in [-0.15, -0.1) is 0 Å². The Morgan fingerprint density at radius 3 is 1.95 bits per heavy atom. The number of methoxy groups -OCH3 is 3. The molecule has 0 spiro atoms. The normalized spacial score (nSPS) is 13.7. The van der Waals surface area contributed by atoms with Crippen molar-refractivity contribution in [1.29, 1.82) is 0 Å². The number of benzene rings is 2. The number of imide groups is 1. The third kappa shape index (κ3) is 17.0. The molecule has 0 bridgehead atoms. The summed E-state index contributed by atoms with van der Waals surface area (Å²) in [6, 6.07) is 8.61. The van der Waals surface area contributed by atoms with E-state index in [1.807, 2.05) is 0 Å². The lowest BCUT2D eigenvalue weighted by Crippen LogP contribution is -2.36. The first-order valence-corrected chi connectivity index (χ1v) is 28.1. The van der Waals surface area contributed by atoms with Crippen LogP contribution in [0.3, 0.4) is 0 Å². The molecular weight excluding hydrogens is 1150 g/mol. The number of carbonyl (C=O) groups excluding carboxylic acids is 4. The predicted molar refractivity (Wildman–Crippen MR) is 274 cm³/mol. The lowest BCUT2D eigenvalue weighted by molar-refractivity contribution is -0.134. The molecule has 6 amide bonds. The van der Waals surface area contributed by atoms with E-state index in [0.717, 1.165) is 50.1 Å². The zero-order valence-electron chi connectivity index (χ0n) is 43.2. The largest absolute Gasteiger partial charge is 0.489 e. The number of amides is 6. The Morgan fingerprint density at radius 2 is 1.39 bits per heavy atom. The van der Waals surface area contributed by atoms with Crippen molar-refractivity contribution < 1.29 is 85.7 Å². The van der Waals surface area contributed by atoms with Crippen molar-refractivity contribution in [3.05, 3.63) is 94.4 Å². The van der Waals surface area contributed by atoms with Crippen LogP contribution in [0.1, 0.15) is 64.3 Å². The van der Waals surface area contributed by atoms with Crippen LogP contribution in [0.2, 0.25) is 5.02 Å². The molecule has 1 aliphatic carbocycles. The first kappa shape index (κ1) is 62.8. The highest BCUT2D eigenvalue weighted by molar-refractivity contribution is 7.93. The van der Waals surface area contributed by atoms with E-state index in [0.29, 0.717) is 10.5 Å². The van der Waals surface area contributed by atoms with Gasteiger partial charge in [-0.2, -0.15) is 46.5 Å². The van der Waals surface area contributed by atoms with E-state index in [1.165, 1.54) is 71.6 Å². The number of sulfone groups is 1. The van der Waals surface area contributed by atoms with E-state index in [4.69, 9.17) is 35.3 Å². The van der Waals surface area contributed by atoms with Gasteiger partial charge in [0.15, 0.2) is 20.6 Å². The molecule has 2 aromatic carbocycles. The van der Waals surface area contributed by atoms with Crippen molar-refractivity contribution in [3.8, 4) is 23.5 Å². The Hall–Kier alpha value is -8.04. The van der Waals surface area contributed by atoms with Gasteiger partial charge in [-0.3, -0.25) is 15.4 Å². The molecule has 1 saturated heterocycles. The molecule has 80 heavy (non-hydrogen) atoms. The zero-order valence-corrected chi connectivity index (χ0v) is 46.4. The summed E-state index contributed by atoms with van der Waals surface area (Å²) in [4.78, 5) is 70.7. The molecule has 2 aliphatic rings. The van der Waals surface area contributed by atoms with Crippen LogP contribution >= 0.6 is 11.6 Å². The number of halogens is 5. The number of cyclic esters (lactones) is 1. The van der Waals surface area contributed by atoms with Gasteiger partial charge in [0, 0.05) is 18.7 Å². The molecule has 4 N–H and O–H groups in total. The number of allylic oxidation sites excluding steroid dienone is 1. The van der Waals surface area contributed by atoms with Crippen LogP contribution in [0.5, 0.6) is 23.5 Å². The van der Waals surface area contributed by atoms with Crippen LogP contribution in [-0.4, -0.2) is 119 Å². The Kier molecular flexibility index (Phi) is 21.0. The van der Waals surface area contributed by atoms with Gasteiger partial charge in [0.1, 0.15) is 22.3 Å². The highest BCUT2D eigenvalue weighted by Crippen LogP contribution is 2.38. The lowest BCUT2D eigenvalue weighted by Gasteiger charge is -2.18. The van der Waals surface area contributed by atoms with Crippen molar-refractivity contribution >= 4 is 83.1 Å². The SMILES string of the molecule is CC(C)=C1OC(=O)N(c2cc(OC3CCCC3)c(Cl)cc2F)C1=O.CCS(=O)(=O)c1cccnc1S(=O)(=O)NC(=O)Nc1nc(OC)cc(OC)n1.COc1nc(C)nc(NC(=O)NS(=O)(=O)c2ccccc2CCC(F)(F)F)n1. The summed E-state index contributed by atoms with van der Waals surface area (Å²) in [5, 5.41) is 3.52. The van der Waals surface area contributed by atoms with Crippen LogP contribution in [-0.2, 0) is 45.8 Å². The van der Waals surface area contributed by atoms with Gasteiger partial charge in [0.05, 0.1) is 54.9 Å². The average Bonchev–Trinajstić information content (AvgIpc) is 4.16. The standard InChI is InChI=1S/C17H17ClFNO4.C15H16F3N5O4S.C14H17N5O7S2/c1-9(2)15-16(21)20(17(22)24-15)13-8-14(11(18)7-12(13)19)23-10-5-3-4-6-10;1-9-19-12(22-14(20-9)27-2)21-13(24)23-28(25,26)11-6-4-3-5-10(11)7-8-15(16,17)18;1-4-27(21,22)9-6-5-7-15-12(9)28(23,24)19-14(20)18-13-16-10(25-2)8-11(17-13)26-3/h7-8,10H,3-6H2,1-2H3;3-6H,7-8H2,1-2H3,(H2,19,20,21,22,23,24);5-8H,4H2,1-3H3,(H2,16,17,18,19,20). The van der Waals surface area contributed by atoms with Gasteiger partial charge in [-0.1, -0.05) is 36.7 Å². The molecule has 0 radical (unpaired) electrons. The number of pyridine rings is 1. The molecule has 1 aliphatic heterocycles. The van der Waals surface area contributed by atoms with Gasteiger partial charge in [0.25, 0.3) is 20.0 Å². The number of hydrogen-bond donors (Lipinski definition) is 4. The maximum absolute atomic E-state index is 14.3. The number of urea groups is 2. The molecule has 26 nitrogen and oxygen atoms in total. The minimum absolute atomic E-state index is 0.00962. The smallest absolute Gasteiger partial charge is 0.427 e. The van der Waals surface area contributed by atoms with Crippen molar-refractivity contribution in [3.63, 3.8) is 0 Å². The molecule has 34 heteroatoms. The van der Waals surface area contributed by atoms with Crippen LogP contribution in [0.15, 0.2) is 86.9 Å². The first-order valence-electron chi connectivity index (χ1n) is 23.1. The molecule has 0 unspecified atom stereocenters. The van der Waals surface area contributed by atoms with Crippen LogP contribution < -0.4 is 43.9 Å². The second-order valence-electron chi connectivity index (χ2n) is 16.6. The Bertz CT molecular complexity index is 3500. The Morgan fingerprint density at radius 1 is 0.800 bits per heavy atom. The number of ether oxygens (including phenoxy) is 5. The second-order valence-corrected chi connectivity index (χ2v) is 22.5. The summed E-state index contributed by atoms with van der Waals surface area (Å²) in [6.07, 6.45) is -2.10. The van der Waals surface area contributed by atoms with Crippen LogP contribution in [0.4, 0.5) is 49.5 Å². The van der Waals surface area contributed by atoms with Crippen LogP contribution in [0, 0.1) is 12.7 Å². The monoisotopic (exact) mass is 1200 g/mol. The summed E-state index contributed by atoms with van der Waals surface area (Å²) in [6.45, 7) is 6.13. The minimum Gasteiger partial charge on any atom is -0.489 e. The number of alkyl halides is 3. The van der Waals surface area contributed by atoms with E-state index in [1.54, 1.807) is 23.3 Å². The topological polar surface area (TPSA) is 346 Å². The molecule has 432 valence electrons. The first-order chi connectivity index (χ1) is 37.5. The van der Waals surface area contributed by atoms with E-state index in [-0.39, 0.29) is 75.1 Å². The van der Waals surface area contributed by atoms with E-state index >= 15 is 0 Å². The summed E-state index contributed by atoms with van der Waals surface area (Å²) in [5.41, 5.74) is 0.240. The molecule has 0 atom stereocenters. The predicted octanol–water partition coefficient (Wildman–Crippen LogP) is 6.96. The van der Waals surface area contributed by atoms with Gasteiger partial charge in [0.2, 0.25) is 23.7 Å². The average molecular weight is 1200 g/mol. The van der Waals surface area contributed by atoms with Crippen molar-refractivity contribution in [2.75, 3.05) is 42.6 Å². The Balaban J connectivity index is 0.000000221. The molecule has 1 saturated carbocycles. The van der Waals surface area contributed by atoms with Crippen molar-refractivity contribution in [2.24, 2.45) is 0 Å². The summed E-state index contributed by atoms with van der Waals surface area (Å²) in [7, 11) is -8.99. The fourth-order valence-corrected chi connectivity index (χ4v) is 10.9. The molecule has 5 aromatic rings. The zero-order chi connectivity index (χ0) is 59.3. The number of sulfonamides is 2. The van der Waals surface area contributed by atoms with E-state index in [2.05, 4.69) is 40.5 Å². The third-order valence-corrected chi connectivity index (χ3v) is 15.5. The van der Waals surface area contributed by atoms with Gasteiger partial charge in [-0.05, 0) is 88.3 Å². The third-order valence-electron chi connectivity index (χ3n) is 10.6. The number of aromatic nitrogens is 6. The van der Waals surface area contributed by atoms with E-state index < -0.39 is 93.6 Å². The van der Waals surface area contributed by atoms with E-state index in [9.17, 15) is 62.0 Å². The summed E-state index contributed by atoms with van der Waals surface area (Å²) < 4.78 is 154. The fraction of sp³-hybridized carbons (Fsp3) is 0.348. The number of anilines is 3. The number of carbonyl (C=O) groups is 4. The molecule has 7 rings (SSSR count). The minimum atomic E-state index is -4.61. The molecule has 2 fully saturated rings. The van der Waals surface area contributed by atoms with Crippen LogP contribution in [0.25, 0.3) is 0 Å². The fourth-order valence-electron chi connectivity index (χ4n) is 6.94. The second kappa shape index (κ2) is 26.7. The van der Waals surface area contributed by atoms with Crippen molar-refractivity contribution in [1.82, 2.24) is 39.3 Å². The number of aryl methyl sites for hydroxylation is 2.